The van der Waals surface area contributed by atoms with Crippen molar-refractivity contribution in [2.24, 2.45) is 0 Å². The van der Waals surface area contributed by atoms with E-state index in [1.54, 1.807) is 34.9 Å². The summed E-state index contributed by atoms with van der Waals surface area (Å²) in [4.78, 5) is 27.8. The lowest BCUT2D eigenvalue weighted by Crippen LogP contribution is -2.30. The molecule has 1 N–H and O–H groups in total. The summed E-state index contributed by atoms with van der Waals surface area (Å²) >= 11 is 1.55. The van der Waals surface area contributed by atoms with Crippen LogP contribution < -0.4 is 5.32 Å². The number of benzene rings is 2. The summed E-state index contributed by atoms with van der Waals surface area (Å²) in [6.07, 6.45) is 0. The zero-order chi connectivity index (χ0) is 20.0. The second-order valence-corrected chi connectivity index (χ2v) is 7.61. The zero-order valence-corrected chi connectivity index (χ0v) is 17.6. The van der Waals surface area contributed by atoms with Gasteiger partial charge in [0, 0.05) is 29.2 Å². The maximum Gasteiger partial charge on any atom is 0.253 e. The first-order chi connectivity index (χ1) is 12.8. The number of anilines is 1. The molecule has 0 fully saturated rings. The maximum atomic E-state index is 12.5. The van der Waals surface area contributed by atoms with Gasteiger partial charge in [0.1, 0.15) is 0 Å². The first kappa shape index (κ1) is 21.0. The number of rotatable bonds is 7. The third kappa shape index (κ3) is 5.60. The van der Waals surface area contributed by atoms with Crippen molar-refractivity contribution in [3.05, 3.63) is 58.7 Å². The van der Waals surface area contributed by atoms with E-state index in [9.17, 15) is 9.59 Å². The van der Waals surface area contributed by atoms with Gasteiger partial charge in [0.2, 0.25) is 5.91 Å². The highest BCUT2D eigenvalue weighted by Crippen LogP contribution is 2.27. The number of amides is 2. The number of carbonyl (C=O) groups is 2. The predicted octanol–water partition coefficient (Wildman–Crippen LogP) is 4.82. The van der Waals surface area contributed by atoms with Crippen LogP contribution >= 0.6 is 11.8 Å². The molecule has 0 saturated carbocycles. The molecule has 0 aromatic heterocycles. The number of thioether (sulfide) groups is 1. The molecule has 0 radical (unpaired) electrons. The van der Waals surface area contributed by atoms with Crippen molar-refractivity contribution in [3.8, 4) is 0 Å². The van der Waals surface area contributed by atoms with Crippen LogP contribution in [0.4, 0.5) is 5.69 Å². The summed E-state index contributed by atoms with van der Waals surface area (Å²) < 4.78 is 0. The molecule has 2 rings (SSSR count). The van der Waals surface area contributed by atoms with Crippen molar-refractivity contribution in [1.29, 1.82) is 0 Å². The van der Waals surface area contributed by atoms with Crippen LogP contribution in [-0.4, -0.2) is 35.6 Å². The Morgan fingerprint density at radius 3 is 2.22 bits per heavy atom. The Hall–Kier alpha value is -2.27. The van der Waals surface area contributed by atoms with E-state index in [2.05, 4.69) is 38.2 Å². The van der Waals surface area contributed by atoms with E-state index < -0.39 is 0 Å². The van der Waals surface area contributed by atoms with Crippen LogP contribution in [0.2, 0.25) is 0 Å². The summed E-state index contributed by atoms with van der Waals surface area (Å²) in [7, 11) is 0. The molecule has 5 heteroatoms. The van der Waals surface area contributed by atoms with E-state index >= 15 is 0 Å². The van der Waals surface area contributed by atoms with E-state index in [0.717, 1.165) is 4.90 Å². The second kappa shape index (κ2) is 9.60. The number of aryl methyl sites for hydroxylation is 3. The molecule has 0 atom stereocenters. The Morgan fingerprint density at radius 2 is 1.63 bits per heavy atom. The monoisotopic (exact) mass is 384 g/mol. The van der Waals surface area contributed by atoms with E-state index in [-0.39, 0.29) is 11.8 Å². The minimum atomic E-state index is -0.0770. The van der Waals surface area contributed by atoms with Crippen LogP contribution in [0.5, 0.6) is 0 Å². The van der Waals surface area contributed by atoms with Crippen molar-refractivity contribution in [2.75, 3.05) is 24.2 Å². The molecule has 2 amide bonds. The van der Waals surface area contributed by atoms with Crippen LogP contribution in [0.3, 0.4) is 0 Å². The second-order valence-electron chi connectivity index (χ2n) is 6.62. The number of nitrogens with zero attached hydrogens (tertiary/aromatic N) is 1. The highest BCUT2D eigenvalue weighted by Gasteiger charge is 2.14. The maximum absolute atomic E-state index is 12.5. The smallest absolute Gasteiger partial charge is 0.253 e. The summed E-state index contributed by atoms with van der Waals surface area (Å²) in [6, 6.07) is 11.4. The molecular formula is C22H28N2O2S. The predicted molar refractivity (Wildman–Crippen MR) is 114 cm³/mol. The third-order valence-electron chi connectivity index (χ3n) is 4.40. The molecule has 0 spiro atoms. The number of carbonyl (C=O) groups excluding carboxylic acids is 2. The molecule has 0 saturated heterocycles. The number of hydrogen-bond acceptors (Lipinski definition) is 3. The minimum absolute atomic E-state index is 0.0172. The van der Waals surface area contributed by atoms with Crippen LogP contribution in [0.25, 0.3) is 0 Å². The van der Waals surface area contributed by atoms with Gasteiger partial charge in [0.25, 0.3) is 5.91 Å². The molecule has 4 nitrogen and oxygen atoms in total. The van der Waals surface area contributed by atoms with Gasteiger partial charge in [0.05, 0.1) is 5.75 Å². The van der Waals surface area contributed by atoms with Gasteiger partial charge >= 0.3 is 0 Å². The third-order valence-corrected chi connectivity index (χ3v) is 5.74. The Morgan fingerprint density at radius 1 is 1.00 bits per heavy atom. The van der Waals surface area contributed by atoms with Gasteiger partial charge in [-0.3, -0.25) is 9.59 Å². The van der Waals surface area contributed by atoms with Gasteiger partial charge in [-0.1, -0.05) is 23.8 Å². The Balaban J connectivity index is 2.02. The van der Waals surface area contributed by atoms with Gasteiger partial charge < -0.3 is 10.2 Å². The fraction of sp³-hybridized carbons (Fsp3) is 0.364. The van der Waals surface area contributed by atoms with Crippen molar-refractivity contribution in [3.63, 3.8) is 0 Å². The van der Waals surface area contributed by atoms with E-state index in [1.807, 2.05) is 19.9 Å². The molecule has 0 bridgehead atoms. The quantitative estimate of drug-likeness (QED) is 0.696. The van der Waals surface area contributed by atoms with Crippen LogP contribution in [0.15, 0.2) is 41.3 Å². The summed E-state index contributed by atoms with van der Waals surface area (Å²) in [5.74, 6) is 0.238. The minimum Gasteiger partial charge on any atom is -0.339 e. The van der Waals surface area contributed by atoms with E-state index in [1.165, 1.54) is 16.7 Å². The molecule has 0 aliphatic carbocycles. The van der Waals surface area contributed by atoms with Gasteiger partial charge in [0.15, 0.2) is 0 Å². The summed E-state index contributed by atoms with van der Waals surface area (Å²) in [6.45, 7) is 11.5. The van der Waals surface area contributed by atoms with Gasteiger partial charge in [-0.2, -0.15) is 0 Å². The van der Waals surface area contributed by atoms with Gasteiger partial charge in [-0.25, -0.2) is 0 Å². The normalized spacial score (nSPS) is 10.6. The van der Waals surface area contributed by atoms with Crippen molar-refractivity contribution in [2.45, 2.75) is 39.5 Å². The van der Waals surface area contributed by atoms with Gasteiger partial charge in [-0.15, -0.1) is 11.8 Å². The van der Waals surface area contributed by atoms with Crippen LogP contribution in [-0.2, 0) is 4.79 Å². The lowest BCUT2D eigenvalue weighted by atomic mass is 10.1. The SMILES string of the molecule is CCN(CC)C(=O)c1cccc(NC(=O)CSc2c(C)cc(C)cc2C)c1. The van der Waals surface area contributed by atoms with Crippen LogP contribution in [0.1, 0.15) is 40.9 Å². The fourth-order valence-corrected chi connectivity index (χ4v) is 4.07. The first-order valence-electron chi connectivity index (χ1n) is 9.25. The largest absolute Gasteiger partial charge is 0.339 e. The average molecular weight is 385 g/mol. The number of nitrogens with one attached hydrogen (secondary N) is 1. The van der Waals surface area contributed by atoms with Crippen molar-refractivity contribution in [1.82, 2.24) is 4.90 Å². The van der Waals surface area contributed by atoms with E-state index in [0.29, 0.717) is 30.1 Å². The molecule has 0 aliphatic heterocycles. The standard InChI is InChI=1S/C22H28N2O2S/c1-6-24(7-2)22(26)18-9-8-10-19(13-18)23-20(25)14-27-21-16(4)11-15(3)12-17(21)5/h8-13H,6-7,14H2,1-5H3,(H,23,25). The molecule has 27 heavy (non-hydrogen) atoms. The Bertz CT molecular complexity index is 806. The molecule has 0 heterocycles. The van der Waals surface area contributed by atoms with Gasteiger partial charge in [-0.05, 0) is 63.9 Å². The topological polar surface area (TPSA) is 49.4 Å². The molecule has 0 aliphatic rings. The lowest BCUT2D eigenvalue weighted by Gasteiger charge is -2.19. The van der Waals surface area contributed by atoms with Crippen molar-refractivity contribution < 1.29 is 9.59 Å². The highest BCUT2D eigenvalue weighted by molar-refractivity contribution is 8.00. The first-order valence-corrected chi connectivity index (χ1v) is 10.2. The Kier molecular flexibility index (Phi) is 7.48. The fourth-order valence-electron chi connectivity index (χ4n) is 3.15. The molecule has 2 aromatic carbocycles. The van der Waals surface area contributed by atoms with E-state index in [4.69, 9.17) is 0 Å². The molecular weight excluding hydrogens is 356 g/mol. The zero-order valence-electron chi connectivity index (χ0n) is 16.8. The number of hydrogen-bond donors (Lipinski definition) is 1. The average Bonchev–Trinajstić information content (AvgIpc) is 2.62. The summed E-state index contributed by atoms with van der Waals surface area (Å²) in [5, 5.41) is 2.90. The summed E-state index contributed by atoms with van der Waals surface area (Å²) in [5.41, 5.74) is 4.85. The Labute approximate surface area is 166 Å². The molecule has 144 valence electrons. The lowest BCUT2D eigenvalue weighted by molar-refractivity contribution is -0.113. The highest BCUT2D eigenvalue weighted by atomic mass is 32.2. The van der Waals surface area contributed by atoms with Crippen LogP contribution in [0, 0.1) is 20.8 Å². The molecule has 2 aromatic rings. The molecule has 0 unspecified atom stereocenters. The van der Waals surface area contributed by atoms with Crippen molar-refractivity contribution >= 4 is 29.3 Å².